The normalized spacial score (nSPS) is 11.5. The van der Waals surface area contributed by atoms with Gasteiger partial charge in [0, 0.05) is 10.0 Å². The van der Waals surface area contributed by atoms with Gasteiger partial charge in [0.05, 0.1) is 12.2 Å². The largest absolute Gasteiger partial charge is 0.461 e. The standard InChI is InChI=1S/C12H9BrF3N3O2/c1-2-21-11(20)10-9(17-19-18-10)6-4-3-5-7(8(6)13)12(14,15)16/h3-5H,2H2,1H3,(H,17,18,19). The van der Waals surface area contributed by atoms with Crippen LogP contribution in [0, 0.1) is 0 Å². The summed E-state index contributed by atoms with van der Waals surface area (Å²) in [6.07, 6.45) is -4.53. The summed E-state index contributed by atoms with van der Waals surface area (Å²) in [4.78, 5) is 11.7. The molecule has 0 bridgehead atoms. The fraction of sp³-hybridized carbons (Fsp3) is 0.250. The van der Waals surface area contributed by atoms with Crippen LogP contribution in [0.3, 0.4) is 0 Å². The summed E-state index contributed by atoms with van der Waals surface area (Å²) in [5.41, 5.74) is -0.942. The number of aromatic nitrogens is 3. The molecule has 0 aliphatic carbocycles. The molecule has 1 N–H and O–H groups in total. The van der Waals surface area contributed by atoms with Gasteiger partial charge in [-0.3, -0.25) is 0 Å². The zero-order valence-electron chi connectivity index (χ0n) is 10.7. The first-order valence-corrected chi connectivity index (χ1v) is 6.59. The molecule has 0 saturated carbocycles. The van der Waals surface area contributed by atoms with Gasteiger partial charge in [-0.2, -0.15) is 23.5 Å². The lowest BCUT2D eigenvalue weighted by atomic mass is 10.1. The highest BCUT2D eigenvalue weighted by molar-refractivity contribution is 9.10. The molecule has 2 aromatic rings. The van der Waals surface area contributed by atoms with Crippen molar-refractivity contribution in [1.82, 2.24) is 15.4 Å². The second-order valence-corrected chi connectivity index (χ2v) is 4.70. The van der Waals surface area contributed by atoms with Gasteiger partial charge < -0.3 is 4.74 Å². The molecular formula is C12H9BrF3N3O2. The Labute approximate surface area is 125 Å². The number of nitrogens with one attached hydrogen (secondary N) is 1. The van der Waals surface area contributed by atoms with E-state index in [0.717, 1.165) is 6.07 Å². The van der Waals surface area contributed by atoms with Gasteiger partial charge in [-0.15, -0.1) is 5.10 Å². The van der Waals surface area contributed by atoms with Crippen molar-refractivity contribution in [2.24, 2.45) is 0 Å². The third-order valence-electron chi connectivity index (χ3n) is 2.58. The van der Waals surface area contributed by atoms with Crippen LogP contribution < -0.4 is 0 Å². The third-order valence-corrected chi connectivity index (χ3v) is 3.43. The first-order valence-electron chi connectivity index (χ1n) is 5.80. The number of aromatic amines is 1. The van der Waals surface area contributed by atoms with E-state index in [-0.39, 0.29) is 28.0 Å². The number of H-pyrrole nitrogens is 1. The topological polar surface area (TPSA) is 67.9 Å². The maximum atomic E-state index is 12.9. The number of alkyl halides is 3. The fourth-order valence-electron chi connectivity index (χ4n) is 1.69. The Morgan fingerprint density at radius 2 is 2.10 bits per heavy atom. The van der Waals surface area contributed by atoms with Gasteiger partial charge in [-0.1, -0.05) is 12.1 Å². The van der Waals surface area contributed by atoms with Gasteiger partial charge in [0.15, 0.2) is 5.69 Å². The molecule has 0 amide bonds. The third kappa shape index (κ3) is 3.07. The second kappa shape index (κ2) is 5.84. The molecule has 2 rings (SSSR count). The van der Waals surface area contributed by atoms with Crippen molar-refractivity contribution in [3.05, 3.63) is 33.9 Å². The predicted octanol–water partition coefficient (Wildman–Crippen LogP) is 3.43. The van der Waals surface area contributed by atoms with E-state index in [1.54, 1.807) is 6.92 Å². The molecular weight excluding hydrogens is 355 g/mol. The highest BCUT2D eigenvalue weighted by Crippen LogP contribution is 2.39. The Balaban J connectivity index is 2.54. The van der Waals surface area contributed by atoms with Gasteiger partial charge in [0.1, 0.15) is 5.69 Å². The summed E-state index contributed by atoms with van der Waals surface area (Å²) < 4.78 is 43.2. The van der Waals surface area contributed by atoms with E-state index in [2.05, 4.69) is 31.3 Å². The lowest BCUT2D eigenvalue weighted by molar-refractivity contribution is -0.138. The average molecular weight is 364 g/mol. The molecule has 1 aromatic heterocycles. The molecule has 0 aliphatic rings. The molecule has 1 heterocycles. The molecule has 5 nitrogen and oxygen atoms in total. The Hall–Kier alpha value is -1.90. The molecule has 9 heteroatoms. The van der Waals surface area contributed by atoms with Crippen LogP contribution in [0.4, 0.5) is 13.2 Å². The van der Waals surface area contributed by atoms with Crippen molar-refractivity contribution in [3.8, 4) is 11.3 Å². The summed E-state index contributed by atoms with van der Waals surface area (Å²) in [7, 11) is 0. The van der Waals surface area contributed by atoms with Crippen LogP contribution in [0.1, 0.15) is 23.0 Å². The van der Waals surface area contributed by atoms with Gasteiger partial charge in [-0.25, -0.2) is 4.79 Å². The van der Waals surface area contributed by atoms with Crippen LogP contribution in [0.2, 0.25) is 0 Å². The zero-order chi connectivity index (χ0) is 15.6. The smallest absolute Gasteiger partial charge is 0.417 e. The van der Waals surface area contributed by atoms with E-state index in [4.69, 9.17) is 4.74 Å². The summed E-state index contributed by atoms with van der Waals surface area (Å²) in [5, 5.41) is 9.59. The molecule has 112 valence electrons. The first-order chi connectivity index (χ1) is 9.86. The van der Waals surface area contributed by atoms with Crippen LogP contribution >= 0.6 is 15.9 Å². The minimum absolute atomic E-state index is 0.00794. The number of rotatable bonds is 3. The van der Waals surface area contributed by atoms with E-state index < -0.39 is 17.7 Å². The Bertz CT molecular complexity index is 670. The van der Waals surface area contributed by atoms with Crippen LogP contribution in [0.5, 0.6) is 0 Å². The van der Waals surface area contributed by atoms with E-state index >= 15 is 0 Å². The fourth-order valence-corrected chi connectivity index (χ4v) is 2.37. The SMILES string of the molecule is CCOC(=O)c1n[nH]nc1-c1cccc(C(F)(F)F)c1Br. The van der Waals surface area contributed by atoms with Crippen molar-refractivity contribution in [3.63, 3.8) is 0 Å². The van der Waals surface area contributed by atoms with Gasteiger partial charge in [-0.05, 0) is 28.9 Å². The molecule has 0 aliphatic heterocycles. The highest BCUT2D eigenvalue weighted by Gasteiger charge is 2.34. The molecule has 0 atom stereocenters. The second-order valence-electron chi connectivity index (χ2n) is 3.91. The molecule has 0 spiro atoms. The van der Waals surface area contributed by atoms with Crippen LogP contribution in [-0.2, 0) is 10.9 Å². The number of nitrogens with zero attached hydrogens (tertiary/aromatic N) is 2. The Morgan fingerprint density at radius 3 is 2.71 bits per heavy atom. The van der Waals surface area contributed by atoms with Crippen LogP contribution in [-0.4, -0.2) is 28.0 Å². The number of halogens is 4. The quantitative estimate of drug-likeness (QED) is 0.848. The maximum absolute atomic E-state index is 12.9. The van der Waals surface area contributed by atoms with Crippen molar-refractivity contribution in [2.75, 3.05) is 6.61 Å². The number of ether oxygens (including phenoxy) is 1. The van der Waals surface area contributed by atoms with Gasteiger partial charge in [0.2, 0.25) is 0 Å². The Kier molecular flexibility index (Phi) is 4.31. The zero-order valence-corrected chi connectivity index (χ0v) is 12.2. The van der Waals surface area contributed by atoms with Crippen LogP contribution in [0.25, 0.3) is 11.3 Å². The number of carbonyl (C=O) groups excluding carboxylic acids is 1. The Morgan fingerprint density at radius 1 is 1.38 bits per heavy atom. The summed E-state index contributed by atoms with van der Waals surface area (Å²) in [6, 6.07) is 3.56. The van der Waals surface area contributed by atoms with Crippen molar-refractivity contribution < 1.29 is 22.7 Å². The molecule has 1 aromatic carbocycles. The number of carbonyl (C=O) groups is 1. The number of hydrogen-bond donors (Lipinski definition) is 1. The van der Waals surface area contributed by atoms with Gasteiger partial charge in [0.25, 0.3) is 0 Å². The number of esters is 1. The molecule has 0 unspecified atom stereocenters. The maximum Gasteiger partial charge on any atom is 0.417 e. The summed E-state index contributed by atoms with van der Waals surface area (Å²) in [6.45, 7) is 1.73. The van der Waals surface area contributed by atoms with E-state index in [9.17, 15) is 18.0 Å². The van der Waals surface area contributed by atoms with Gasteiger partial charge >= 0.3 is 12.1 Å². The molecule has 0 saturated heterocycles. The van der Waals surface area contributed by atoms with E-state index in [1.807, 2.05) is 0 Å². The van der Waals surface area contributed by atoms with E-state index in [1.165, 1.54) is 12.1 Å². The van der Waals surface area contributed by atoms with Crippen LogP contribution in [0.15, 0.2) is 22.7 Å². The molecule has 0 fully saturated rings. The lowest BCUT2D eigenvalue weighted by Gasteiger charge is -2.11. The molecule has 0 radical (unpaired) electrons. The van der Waals surface area contributed by atoms with Crippen molar-refractivity contribution in [1.29, 1.82) is 0 Å². The summed E-state index contributed by atoms with van der Waals surface area (Å²) >= 11 is 2.91. The monoisotopic (exact) mass is 363 g/mol. The number of benzene rings is 1. The summed E-state index contributed by atoms with van der Waals surface area (Å²) in [5.74, 6) is -0.759. The first kappa shape index (κ1) is 15.5. The number of hydrogen-bond acceptors (Lipinski definition) is 4. The van der Waals surface area contributed by atoms with E-state index in [0.29, 0.717) is 0 Å². The average Bonchev–Trinajstić information content (AvgIpc) is 2.87. The predicted molar refractivity (Wildman–Crippen MR) is 70.5 cm³/mol. The van der Waals surface area contributed by atoms with Crippen molar-refractivity contribution in [2.45, 2.75) is 13.1 Å². The minimum Gasteiger partial charge on any atom is -0.461 e. The molecule has 21 heavy (non-hydrogen) atoms. The minimum atomic E-state index is -4.53. The highest BCUT2D eigenvalue weighted by atomic mass is 79.9. The van der Waals surface area contributed by atoms with Crippen molar-refractivity contribution >= 4 is 21.9 Å². The lowest BCUT2D eigenvalue weighted by Crippen LogP contribution is -2.09.